The van der Waals surface area contributed by atoms with Crippen LogP contribution >= 0.6 is 0 Å². The normalized spacial score (nSPS) is 14.2. The third kappa shape index (κ3) is 4.65. The average molecular weight is 449 g/mol. The van der Waals surface area contributed by atoms with Crippen LogP contribution in [0.2, 0.25) is 0 Å². The summed E-state index contributed by atoms with van der Waals surface area (Å²) in [6.07, 6.45) is -3.53. The van der Waals surface area contributed by atoms with E-state index in [0.717, 1.165) is 28.3 Å². The maximum atomic E-state index is 13.7. The summed E-state index contributed by atoms with van der Waals surface area (Å²) < 4.78 is 19.1. The Morgan fingerprint density at radius 1 is 1.00 bits per heavy atom. The fourth-order valence-electron chi connectivity index (χ4n) is 4.17. The van der Waals surface area contributed by atoms with Crippen molar-refractivity contribution in [1.82, 2.24) is 5.32 Å². The van der Waals surface area contributed by atoms with Gasteiger partial charge in [-0.05, 0) is 46.9 Å². The van der Waals surface area contributed by atoms with Crippen molar-refractivity contribution in [3.8, 4) is 11.1 Å². The van der Waals surface area contributed by atoms with Crippen molar-refractivity contribution in [2.75, 3.05) is 13.2 Å². The van der Waals surface area contributed by atoms with Crippen LogP contribution in [0.3, 0.4) is 0 Å². The number of hydrogen-bond acceptors (Lipinski definition) is 5. The molecular formula is C26H24FNO5. The predicted molar refractivity (Wildman–Crippen MR) is 120 cm³/mol. The van der Waals surface area contributed by atoms with E-state index in [-0.39, 0.29) is 30.2 Å². The number of ketones is 1. The number of amides is 1. The van der Waals surface area contributed by atoms with Crippen LogP contribution in [-0.4, -0.2) is 41.3 Å². The van der Waals surface area contributed by atoms with Gasteiger partial charge in [-0.15, -0.1) is 0 Å². The fourth-order valence-corrected chi connectivity index (χ4v) is 4.17. The van der Waals surface area contributed by atoms with Crippen LogP contribution < -0.4 is 5.32 Å². The first-order valence-electron chi connectivity index (χ1n) is 10.6. The van der Waals surface area contributed by atoms with Crippen LogP contribution in [0.4, 0.5) is 9.18 Å². The molecule has 170 valence electrons. The zero-order valence-corrected chi connectivity index (χ0v) is 18.0. The Balaban J connectivity index is 1.35. The molecule has 7 heteroatoms. The van der Waals surface area contributed by atoms with Crippen LogP contribution in [0.5, 0.6) is 0 Å². The fraction of sp³-hybridized carbons (Fsp3) is 0.231. The number of hydrogen-bond donors (Lipinski definition) is 3. The van der Waals surface area contributed by atoms with Gasteiger partial charge in [0.2, 0.25) is 0 Å². The molecule has 0 aliphatic heterocycles. The quantitative estimate of drug-likeness (QED) is 0.475. The van der Waals surface area contributed by atoms with Crippen LogP contribution in [0.15, 0.2) is 66.7 Å². The molecule has 1 aliphatic rings. The molecule has 0 bridgehead atoms. The zero-order chi connectivity index (χ0) is 23.5. The van der Waals surface area contributed by atoms with E-state index in [4.69, 9.17) is 4.74 Å². The van der Waals surface area contributed by atoms with E-state index in [9.17, 15) is 24.2 Å². The summed E-state index contributed by atoms with van der Waals surface area (Å²) >= 11 is 0. The molecular weight excluding hydrogens is 425 g/mol. The number of nitrogens with one attached hydrogen (secondary N) is 1. The number of benzene rings is 3. The average Bonchev–Trinajstić information content (AvgIpc) is 3.14. The highest BCUT2D eigenvalue weighted by molar-refractivity contribution is 5.94. The van der Waals surface area contributed by atoms with Gasteiger partial charge in [0.05, 0.1) is 5.56 Å². The molecule has 6 nitrogen and oxygen atoms in total. The Kier molecular flexibility index (Phi) is 6.53. The predicted octanol–water partition coefficient (Wildman–Crippen LogP) is 3.96. The molecule has 1 aliphatic carbocycles. The molecule has 3 N–H and O–H groups in total. The third-order valence-electron chi connectivity index (χ3n) is 5.87. The number of alkyl carbamates (subject to hydrolysis) is 1. The number of carbonyl (C=O) groups is 2. The largest absolute Gasteiger partial charge is 0.449 e. The minimum atomic E-state index is -1.42. The van der Waals surface area contributed by atoms with E-state index in [1.54, 1.807) is 0 Å². The number of aliphatic hydroxyl groups is 2. The van der Waals surface area contributed by atoms with Gasteiger partial charge in [-0.1, -0.05) is 54.6 Å². The molecule has 3 aromatic rings. The Morgan fingerprint density at radius 2 is 1.61 bits per heavy atom. The second-order valence-corrected chi connectivity index (χ2v) is 8.01. The van der Waals surface area contributed by atoms with Gasteiger partial charge in [-0.3, -0.25) is 4.79 Å². The summed E-state index contributed by atoms with van der Waals surface area (Å²) in [5.74, 6) is -1.29. The van der Waals surface area contributed by atoms with E-state index in [0.29, 0.717) is 0 Å². The Labute approximate surface area is 190 Å². The molecule has 1 amide bonds. The van der Waals surface area contributed by atoms with Crippen molar-refractivity contribution in [3.05, 3.63) is 94.8 Å². The van der Waals surface area contributed by atoms with Crippen LogP contribution in [0.1, 0.15) is 46.0 Å². The molecule has 4 rings (SSSR count). The Bertz CT molecular complexity index is 1150. The lowest BCUT2D eigenvalue weighted by Gasteiger charge is -2.20. The van der Waals surface area contributed by atoms with Crippen LogP contribution in [0.25, 0.3) is 11.1 Å². The minimum absolute atomic E-state index is 0.0946. The lowest BCUT2D eigenvalue weighted by atomic mass is 9.98. The highest BCUT2D eigenvalue weighted by Gasteiger charge is 2.29. The SMILES string of the molecule is CC(=O)c1cc(C(O)C(O)CNC(=O)OCC2c3ccccc3-c3ccccc32)ccc1F. The molecule has 0 saturated heterocycles. The van der Waals surface area contributed by atoms with E-state index < -0.39 is 29.9 Å². The van der Waals surface area contributed by atoms with Gasteiger partial charge in [0.25, 0.3) is 0 Å². The summed E-state index contributed by atoms with van der Waals surface area (Å²) in [6, 6.07) is 19.5. The first kappa shape index (κ1) is 22.6. The number of halogens is 1. The topological polar surface area (TPSA) is 95.9 Å². The maximum absolute atomic E-state index is 13.7. The van der Waals surface area contributed by atoms with E-state index in [2.05, 4.69) is 5.32 Å². The van der Waals surface area contributed by atoms with Crippen molar-refractivity contribution in [2.24, 2.45) is 0 Å². The van der Waals surface area contributed by atoms with Gasteiger partial charge in [0.15, 0.2) is 5.78 Å². The minimum Gasteiger partial charge on any atom is -0.449 e. The number of ether oxygens (including phenoxy) is 1. The van der Waals surface area contributed by atoms with Gasteiger partial charge >= 0.3 is 6.09 Å². The summed E-state index contributed by atoms with van der Waals surface area (Å²) in [6.45, 7) is 1.05. The Morgan fingerprint density at radius 3 is 2.21 bits per heavy atom. The highest BCUT2D eigenvalue weighted by atomic mass is 19.1. The monoisotopic (exact) mass is 449 g/mol. The molecule has 0 heterocycles. The molecule has 0 aromatic heterocycles. The summed E-state index contributed by atoms with van der Waals surface area (Å²) in [7, 11) is 0. The van der Waals surface area contributed by atoms with Gasteiger partial charge < -0.3 is 20.3 Å². The molecule has 2 unspecified atom stereocenters. The van der Waals surface area contributed by atoms with Gasteiger partial charge in [-0.25, -0.2) is 9.18 Å². The highest BCUT2D eigenvalue weighted by Crippen LogP contribution is 2.44. The molecule has 0 spiro atoms. The van der Waals surface area contributed by atoms with Crippen molar-refractivity contribution < 1.29 is 28.9 Å². The first-order valence-corrected chi connectivity index (χ1v) is 10.6. The van der Waals surface area contributed by atoms with E-state index in [1.165, 1.54) is 19.1 Å². The number of carbonyl (C=O) groups excluding carboxylic acids is 2. The molecule has 0 fully saturated rings. The number of Topliss-reactive ketones (excluding diaryl/α,β-unsaturated/α-hetero) is 1. The molecule has 3 aromatic carbocycles. The van der Waals surface area contributed by atoms with Gasteiger partial charge in [0.1, 0.15) is 24.6 Å². The van der Waals surface area contributed by atoms with Crippen molar-refractivity contribution in [3.63, 3.8) is 0 Å². The van der Waals surface area contributed by atoms with Gasteiger partial charge in [0, 0.05) is 12.5 Å². The van der Waals surface area contributed by atoms with Gasteiger partial charge in [-0.2, -0.15) is 0 Å². The zero-order valence-electron chi connectivity index (χ0n) is 18.0. The molecule has 33 heavy (non-hydrogen) atoms. The maximum Gasteiger partial charge on any atom is 0.407 e. The smallest absolute Gasteiger partial charge is 0.407 e. The molecule has 0 radical (unpaired) electrons. The summed E-state index contributed by atoms with van der Waals surface area (Å²) in [4.78, 5) is 23.8. The summed E-state index contributed by atoms with van der Waals surface area (Å²) in [5, 5.41) is 23.0. The molecule has 0 saturated carbocycles. The first-order chi connectivity index (χ1) is 15.9. The lowest BCUT2D eigenvalue weighted by Crippen LogP contribution is -2.36. The van der Waals surface area contributed by atoms with Crippen molar-refractivity contribution >= 4 is 11.9 Å². The number of aliphatic hydroxyl groups excluding tert-OH is 2. The van der Waals surface area contributed by atoms with Crippen LogP contribution in [-0.2, 0) is 4.74 Å². The lowest BCUT2D eigenvalue weighted by molar-refractivity contribution is 0.0185. The van der Waals surface area contributed by atoms with E-state index >= 15 is 0 Å². The second-order valence-electron chi connectivity index (χ2n) is 8.01. The third-order valence-corrected chi connectivity index (χ3v) is 5.87. The van der Waals surface area contributed by atoms with Crippen molar-refractivity contribution in [1.29, 1.82) is 0 Å². The standard InChI is InChI=1S/C26H24FNO5/c1-15(29)21-12-16(10-11-23(21)27)25(31)24(30)13-28-26(32)33-14-22-19-8-4-2-6-17(19)18-7-3-5-9-20(18)22/h2-12,22,24-25,30-31H,13-14H2,1H3,(H,28,32). The Hall–Kier alpha value is -3.55. The number of rotatable bonds is 7. The second kappa shape index (κ2) is 9.52. The molecule has 2 atom stereocenters. The van der Waals surface area contributed by atoms with Crippen molar-refractivity contribution in [2.45, 2.75) is 25.0 Å². The van der Waals surface area contributed by atoms with E-state index in [1.807, 2.05) is 48.5 Å². The summed E-state index contributed by atoms with van der Waals surface area (Å²) in [5.41, 5.74) is 4.39. The van der Waals surface area contributed by atoms with Crippen LogP contribution in [0, 0.1) is 5.82 Å². The number of fused-ring (bicyclic) bond motifs is 3.